The van der Waals surface area contributed by atoms with E-state index in [0.717, 1.165) is 11.3 Å². The number of anilines is 2. The zero-order valence-corrected chi connectivity index (χ0v) is 11.3. The molecule has 4 nitrogen and oxygen atoms in total. The molecular formula is C15H17N3O. The lowest BCUT2D eigenvalue weighted by Gasteiger charge is -2.15. The number of carbonyl (C=O) groups excluding carboxylic acids is 1. The molecule has 0 bridgehead atoms. The second kappa shape index (κ2) is 5.52. The van der Waals surface area contributed by atoms with Gasteiger partial charge in [-0.15, -0.1) is 0 Å². The number of aryl methyl sites for hydroxylation is 1. The van der Waals surface area contributed by atoms with Gasteiger partial charge in [0.2, 0.25) is 0 Å². The van der Waals surface area contributed by atoms with Crippen LogP contribution in [0.5, 0.6) is 0 Å². The van der Waals surface area contributed by atoms with Crippen molar-refractivity contribution in [1.82, 2.24) is 4.98 Å². The van der Waals surface area contributed by atoms with Crippen molar-refractivity contribution in [3.63, 3.8) is 0 Å². The van der Waals surface area contributed by atoms with Gasteiger partial charge in [-0.1, -0.05) is 12.1 Å². The van der Waals surface area contributed by atoms with Gasteiger partial charge in [0.1, 0.15) is 5.82 Å². The maximum absolute atomic E-state index is 12.3. The highest BCUT2D eigenvalue weighted by Crippen LogP contribution is 2.17. The lowest BCUT2D eigenvalue weighted by molar-refractivity contribution is 0.102. The quantitative estimate of drug-likeness (QED) is 0.917. The summed E-state index contributed by atoms with van der Waals surface area (Å²) in [5, 5.41) is 2.89. The van der Waals surface area contributed by atoms with E-state index in [1.54, 1.807) is 18.3 Å². The highest BCUT2D eigenvalue weighted by molar-refractivity contribution is 6.07. The van der Waals surface area contributed by atoms with Gasteiger partial charge >= 0.3 is 0 Å². The molecule has 0 unspecified atom stereocenters. The van der Waals surface area contributed by atoms with E-state index in [-0.39, 0.29) is 5.91 Å². The molecule has 1 amide bonds. The number of benzene rings is 1. The number of nitrogens with zero attached hydrogens (tertiary/aromatic N) is 2. The minimum absolute atomic E-state index is 0.151. The van der Waals surface area contributed by atoms with Crippen LogP contribution in [0.1, 0.15) is 15.9 Å². The first-order valence-electron chi connectivity index (χ1n) is 6.08. The van der Waals surface area contributed by atoms with Crippen LogP contribution >= 0.6 is 0 Å². The van der Waals surface area contributed by atoms with Gasteiger partial charge in [0.15, 0.2) is 0 Å². The van der Waals surface area contributed by atoms with E-state index in [4.69, 9.17) is 0 Å². The zero-order valence-electron chi connectivity index (χ0n) is 11.3. The number of rotatable bonds is 3. The zero-order chi connectivity index (χ0) is 13.8. The van der Waals surface area contributed by atoms with Gasteiger partial charge in [-0.25, -0.2) is 4.98 Å². The van der Waals surface area contributed by atoms with Gasteiger partial charge in [-0.05, 0) is 36.8 Å². The molecule has 0 saturated heterocycles. The monoisotopic (exact) mass is 255 g/mol. The van der Waals surface area contributed by atoms with Crippen molar-refractivity contribution in [2.45, 2.75) is 6.92 Å². The molecule has 0 atom stereocenters. The molecule has 0 radical (unpaired) electrons. The Kier molecular flexibility index (Phi) is 3.80. The van der Waals surface area contributed by atoms with Gasteiger partial charge in [0, 0.05) is 26.0 Å². The molecule has 98 valence electrons. The molecule has 0 aliphatic carbocycles. The summed E-state index contributed by atoms with van der Waals surface area (Å²) in [5.74, 6) is 0.509. The van der Waals surface area contributed by atoms with E-state index in [2.05, 4.69) is 10.3 Å². The Hall–Kier alpha value is -2.36. The lowest BCUT2D eigenvalue weighted by atomic mass is 10.2. The summed E-state index contributed by atoms with van der Waals surface area (Å²) >= 11 is 0. The highest BCUT2D eigenvalue weighted by Gasteiger charge is 2.13. The summed E-state index contributed by atoms with van der Waals surface area (Å²) in [7, 11) is 3.73. The Balaban J connectivity index is 2.25. The fourth-order valence-corrected chi connectivity index (χ4v) is 1.85. The number of amides is 1. The van der Waals surface area contributed by atoms with E-state index >= 15 is 0 Å². The van der Waals surface area contributed by atoms with Crippen molar-refractivity contribution in [1.29, 1.82) is 0 Å². The molecule has 2 rings (SSSR count). The van der Waals surface area contributed by atoms with E-state index in [9.17, 15) is 4.79 Å². The standard InChI is InChI=1S/C15H17N3O/c1-11-6-4-7-12(10-11)17-15(19)13-8-5-9-16-14(13)18(2)3/h4-10H,1-3H3,(H,17,19). The topological polar surface area (TPSA) is 45.2 Å². The number of nitrogens with one attached hydrogen (secondary N) is 1. The molecule has 0 fully saturated rings. The largest absolute Gasteiger partial charge is 0.362 e. The molecule has 0 saturated carbocycles. The molecule has 0 spiro atoms. The predicted octanol–water partition coefficient (Wildman–Crippen LogP) is 2.71. The molecule has 4 heteroatoms. The Bertz CT molecular complexity index is 593. The second-order valence-corrected chi connectivity index (χ2v) is 4.59. The van der Waals surface area contributed by atoms with Gasteiger partial charge in [-0.2, -0.15) is 0 Å². The summed E-state index contributed by atoms with van der Waals surface area (Å²) in [6.07, 6.45) is 1.68. The van der Waals surface area contributed by atoms with E-state index < -0.39 is 0 Å². The number of hydrogen-bond acceptors (Lipinski definition) is 3. The number of pyridine rings is 1. The predicted molar refractivity (Wildman–Crippen MR) is 77.7 cm³/mol. The van der Waals surface area contributed by atoms with Gasteiger partial charge < -0.3 is 10.2 Å². The van der Waals surface area contributed by atoms with Crippen molar-refractivity contribution in [2.24, 2.45) is 0 Å². The molecule has 2 aromatic rings. The summed E-state index contributed by atoms with van der Waals surface area (Å²) in [6, 6.07) is 11.2. The normalized spacial score (nSPS) is 10.1. The third kappa shape index (κ3) is 3.10. The van der Waals surface area contributed by atoms with Gasteiger partial charge in [0.05, 0.1) is 5.56 Å². The van der Waals surface area contributed by atoms with E-state index in [1.165, 1.54) is 0 Å². The molecule has 0 aliphatic heterocycles. The van der Waals surface area contributed by atoms with Crippen molar-refractivity contribution in [2.75, 3.05) is 24.3 Å². The van der Waals surface area contributed by atoms with Crippen molar-refractivity contribution in [3.8, 4) is 0 Å². The molecule has 19 heavy (non-hydrogen) atoms. The molecular weight excluding hydrogens is 238 g/mol. The Morgan fingerprint density at radius 3 is 2.68 bits per heavy atom. The van der Waals surface area contributed by atoms with Gasteiger partial charge in [-0.3, -0.25) is 4.79 Å². The fourth-order valence-electron chi connectivity index (χ4n) is 1.85. The maximum atomic E-state index is 12.3. The highest BCUT2D eigenvalue weighted by atomic mass is 16.1. The first kappa shape index (κ1) is 13.1. The lowest BCUT2D eigenvalue weighted by Crippen LogP contribution is -2.19. The van der Waals surface area contributed by atoms with Crippen molar-refractivity contribution >= 4 is 17.4 Å². The number of aromatic nitrogens is 1. The number of hydrogen-bond donors (Lipinski definition) is 1. The average Bonchev–Trinajstić information content (AvgIpc) is 2.38. The molecule has 0 aliphatic rings. The van der Waals surface area contributed by atoms with Crippen LogP contribution in [0.15, 0.2) is 42.6 Å². The minimum Gasteiger partial charge on any atom is -0.362 e. The number of carbonyl (C=O) groups is 1. The molecule has 1 aromatic carbocycles. The van der Waals surface area contributed by atoms with Crippen LogP contribution in [0.4, 0.5) is 11.5 Å². The smallest absolute Gasteiger partial charge is 0.259 e. The Labute approximate surface area is 113 Å². The third-order valence-corrected chi connectivity index (χ3v) is 2.73. The molecule has 1 aromatic heterocycles. The Morgan fingerprint density at radius 2 is 2.00 bits per heavy atom. The van der Waals surface area contributed by atoms with E-state index in [1.807, 2.05) is 50.2 Å². The Morgan fingerprint density at radius 1 is 1.21 bits per heavy atom. The van der Waals surface area contributed by atoms with Crippen LogP contribution in [0.2, 0.25) is 0 Å². The molecule has 1 N–H and O–H groups in total. The van der Waals surface area contributed by atoms with Crippen LogP contribution < -0.4 is 10.2 Å². The van der Waals surface area contributed by atoms with E-state index in [0.29, 0.717) is 11.4 Å². The summed E-state index contributed by atoms with van der Waals surface area (Å²) in [4.78, 5) is 18.3. The van der Waals surface area contributed by atoms with Crippen LogP contribution in [0.25, 0.3) is 0 Å². The van der Waals surface area contributed by atoms with Crippen LogP contribution in [-0.2, 0) is 0 Å². The first-order valence-corrected chi connectivity index (χ1v) is 6.08. The molecule has 1 heterocycles. The van der Waals surface area contributed by atoms with Crippen LogP contribution in [0.3, 0.4) is 0 Å². The third-order valence-electron chi connectivity index (χ3n) is 2.73. The second-order valence-electron chi connectivity index (χ2n) is 4.59. The summed E-state index contributed by atoms with van der Waals surface area (Å²) in [5.41, 5.74) is 2.46. The van der Waals surface area contributed by atoms with Crippen molar-refractivity contribution < 1.29 is 4.79 Å². The van der Waals surface area contributed by atoms with Crippen molar-refractivity contribution in [3.05, 3.63) is 53.7 Å². The first-order chi connectivity index (χ1) is 9.08. The summed E-state index contributed by atoms with van der Waals surface area (Å²) < 4.78 is 0. The minimum atomic E-state index is -0.151. The summed E-state index contributed by atoms with van der Waals surface area (Å²) in [6.45, 7) is 1.99. The van der Waals surface area contributed by atoms with Crippen LogP contribution in [-0.4, -0.2) is 25.0 Å². The SMILES string of the molecule is Cc1cccc(NC(=O)c2cccnc2N(C)C)c1. The average molecular weight is 255 g/mol. The fraction of sp³-hybridized carbons (Fsp3) is 0.200. The maximum Gasteiger partial charge on any atom is 0.259 e. The van der Waals surface area contributed by atoms with Gasteiger partial charge in [0.25, 0.3) is 5.91 Å². The van der Waals surface area contributed by atoms with Crippen LogP contribution in [0, 0.1) is 6.92 Å².